The number of piperidine rings is 1. The molecule has 3 aliphatic rings. The van der Waals surface area contributed by atoms with E-state index < -0.39 is 5.60 Å². The van der Waals surface area contributed by atoms with Crippen LogP contribution in [-0.2, 0) is 9.53 Å². The molecule has 0 aromatic rings. The summed E-state index contributed by atoms with van der Waals surface area (Å²) in [5, 5.41) is 7.11. The van der Waals surface area contributed by atoms with E-state index in [0.717, 1.165) is 44.5 Å². The number of likely N-dealkylation sites (N-methyl/N-ethyl adjacent to an activating group) is 1. The third kappa shape index (κ3) is 7.39. The van der Waals surface area contributed by atoms with Crippen molar-refractivity contribution in [1.29, 1.82) is 0 Å². The number of carbonyl (C=O) groups excluding carboxylic acids is 2. The van der Waals surface area contributed by atoms with Crippen LogP contribution >= 0.6 is 24.0 Å². The van der Waals surface area contributed by atoms with E-state index in [0.29, 0.717) is 6.04 Å². The third-order valence-electron chi connectivity index (χ3n) is 6.25. The quantitative estimate of drug-likeness (QED) is 0.320. The third-order valence-corrected chi connectivity index (χ3v) is 6.25. The number of ether oxygens (including phenoxy) is 1. The Morgan fingerprint density at radius 2 is 1.55 bits per heavy atom. The minimum atomic E-state index is -0.477. The van der Waals surface area contributed by atoms with Gasteiger partial charge >= 0.3 is 6.09 Å². The highest BCUT2D eigenvalue weighted by molar-refractivity contribution is 14.0. The number of nitrogens with one attached hydrogen (secondary N) is 2. The lowest BCUT2D eigenvalue weighted by atomic mass is 9.98. The van der Waals surface area contributed by atoms with Gasteiger partial charge in [0.05, 0.1) is 0 Å². The molecule has 2 bridgehead atoms. The monoisotopic (exact) mass is 549 g/mol. The molecule has 2 amide bonds. The fraction of sp³-hybridized carbons (Fsp3) is 0.864. The molecule has 0 aromatic carbocycles. The van der Waals surface area contributed by atoms with Gasteiger partial charge in [-0.2, -0.15) is 0 Å². The molecule has 3 rings (SSSR count). The Bertz CT molecular complexity index is 644. The first-order valence-corrected chi connectivity index (χ1v) is 11.4. The molecule has 0 radical (unpaired) electrons. The molecule has 2 heterocycles. The maximum Gasteiger partial charge on any atom is 0.410 e. The molecular formula is C22H40IN5O3. The van der Waals surface area contributed by atoms with Crippen molar-refractivity contribution in [2.45, 2.75) is 102 Å². The highest BCUT2D eigenvalue weighted by Gasteiger charge is 2.45. The number of fused-ring (bicyclic) bond motifs is 2. The number of hydrogen-bond donors (Lipinski definition) is 2. The van der Waals surface area contributed by atoms with Gasteiger partial charge in [-0.1, -0.05) is 12.8 Å². The predicted molar refractivity (Wildman–Crippen MR) is 133 cm³/mol. The highest BCUT2D eigenvalue weighted by Crippen LogP contribution is 2.36. The molecule has 3 fully saturated rings. The van der Waals surface area contributed by atoms with E-state index in [2.05, 4.69) is 15.6 Å². The van der Waals surface area contributed by atoms with Crippen LogP contribution in [0.15, 0.2) is 4.99 Å². The molecule has 2 atom stereocenters. The molecule has 0 aromatic heterocycles. The Morgan fingerprint density at radius 3 is 2.06 bits per heavy atom. The van der Waals surface area contributed by atoms with E-state index in [1.165, 1.54) is 12.8 Å². The summed E-state index contributed by atoms with van der Waals surface area (Å²) in [5.74, 6) is 0.717. The highest BCUT2D eigenvalue weighted by atomic mass is 127. The van der Waals surface area contributed by atoms with Crippen molar-refractivity contribution in [3.05, 3.63) is 0 Å². The fourth-order valence-corrected chi connectivity index (χ4v) is 4.79. The van der Waals surface area contributed by atoms with Gasteiger partial charge in [0.15, 0.2) is 5.96 Å². The maximum absolute atomic E-state index is 12.7. The van der Waals surface area contributed by atoms with E-state index in [1.54, 1.807) is 19.0 Å². The molecule has 2 saturated heterocycles. The van der Waals surface area contributed by atoms with Gasteiger partial charge in [0.1, 0.15) is 12.1 Å². The summed E-state index contributed by atoms with van der Waals surface area (Å²) in [5.41, 5.74) is -0.477. The Morgan fingerprint density at radius 1 is 1.00 bits per heavy atom. The van der Waals surface area contributed by atoms with E-state index in [4.69, 9.17) is 4.74 Å². The number of hydrogen-bond acceptors (Lipinski definition) is 4. The topological polar surface area (TPSA) is 86.3 Å². The van der Waals surface area contributed by atoms with Gasteiger partial charge in [-0.3, -0.25) is 4.79 Å². The molecule has 1 aliphatic carbocycles. The normalized spacial score (nSPS) is 26.3. The Labute approximate surface area is 203 Å². The van der Waals surface area contributed by atoms with Crippen molar-refractivity contribution in [1.82, 2.24) is 20.4 Å². The molecular weight excluding hydrogens is 509 g/mol. The molecule has 1 saturated carbocycles. The van der Waals surface area contributed by atoms with Gasteiger partial charge in [0.25, 0.3) is 0 Å². The minimum absolute atomic E-state index is 0. The summed E-state index contributed by atoms with van der Waals surface area (Å²) in [6, 6.07) is 1.06. The number of rotatable bonds is 4. The molecule has 178 valence electrons. The van der Waals surface area contributed by atoms with E-state index in [1.807, 2.05) is 25.7 Å². The average Bonchev–Trinajstić information content (AvgIpc) is 3.24. The summed E-state index contributed by atoms with van der Waals surface area (Å²) < 4.78 is 5.64. The zero-order chi connectivity index (χ0) is 21.9. The second-order valence-corrected chi connectivity index (χ2v) is 10.2. The summed E-state index contributed by atoms with van der Waals surface area (Å²) >= 11 is 0. The van der Waals surface area contributed by atoms with Crippen LogP contribution in [0.25, 0.3) is 0 Å². The molecule has 2 aliphatic heterocycles. The van der Waals surface area contributed by atoms with Gasteiger partial charge in [0, 0.05) is 38.3 Å². The van der Waals surface area contributed by atoms with Crippen LogP contribution < -0.4 is 10.6 Å². The van der Waals surface area contributed by atoms with Crippen LogP contribution in [0.4, 0.5) is 4.79 Å². The molecule has 0 spiro atoms. The van der Waals surface area contributed by atoms with Crippen LogP contribution in [0, 0.1) is 0 Å². The number of halogens is 1. The Kier molecular flexibility index (Phi) is 9.27. The van der Waals surface area contributed by atoms with Crippen LogP contribution in [0.5, 0.6) is 0 Å². The Hall–Kier alpha value is -1.26. The predicted octanol–water partition coefficient (Wildman–Crippen LogP) is 3.10. The van der Waals surface area contributed by atoms with Gasteiger partial charge in [-0.25, -0.2) is 9.79 Å². The largest absolute Gasteiger partial charge is 0.444 e. The molecule has 31 heavy (non-hydrogen) atoms. The lowest BCUT2D eigenvalue weighted by molar-refractivity contribution is -0.127. The summed E-state index contributed by atoms with van der Waals surface area (Å²) in [6.45, 7) is 5.87. The van der Waals surface area contributed by atoms with Crippen LogP contribution in [0.1, 0.15) is 72.1 Å². The number of amides is 2. The first kappa shape index (κ1) is 26.0. The van der Waals surface area contributed by atoms with Crippen molar-refractivity contribution in [2.24, 2.45) is 4.99 Å². The summed E-state index contributed by atoms with van der Waals surface area (Å²) in [7, 11) is 3.50. The zero-order valence-corrected chi connectivity index (χ0v) is 22.0. The van der Waals surface area contributed by atoms with Crippen LogP contribution in [0.3, 0.4) is 0 Å². The fourth-order valence-electron chi connectivity index (χ4n) is 4.79. The lowest BCUT2D eigenvalue weighted by Crippen LogP contribution is -2.55. The SMILES string of the molecule is CN(C)C(=O)CN=C(NC1CCCC1)NC1CC2CCC(C1)N2C(=O)OC(C)(C)C.I. The summed E-state index contributed by atoms with van der Waals surface area (Å²) in [6.07, 6.45) is 8.36. The average molecular weight is 549 g/mol. The maximum atomic E-state index is 12.7. The second kappa shape index (κ2) is 11.0. The minimum Gasteiger partial charge on any atom is -0.444 e. The van der Waals surface area contributed by atoms with Crippen LogP contribution in [0.2, 0.25) is 0 Å². The van der Waals surface area contributed by atoms with E-state index >= 15 is 0 Å². The summed E-state index contributed by atoms with van der Waals surface area (Å²) in [4.78, 5) is 32.8. The van der Waals surface area contributed by atoms with Crippen molar-refractivity contribution in [3.8, 4) is 0 Å². The van der Waals surface area contributed by atoms with E-state index in [9.17, 15) is 9.59 Å². The number of nitrogens with zero attached hydrogens (tertiary/aromatic N) is 3. The molecule has 2 unspecified atom stereocenters. The second-order valence-electron chi connectivity index (χ2n) is 10.2. The van der Waals surface area contributed by atoms with Crippen molar-refractivity contribution >= 4 is 41.9 Å². The van der Waals surface area contributed by atoms with Crippen molar-refractivity contribution in [3.63, 3.8) is 0 Å². The molecule has 2 N–H and O–H groups in total. The standard InChI is InChI=1S/C22H39N5O3.HI/c1-22(2,3)30-21(29)27-17-10-11-18(27)13-16(12-17)25-20(23-14-19(28)26(4)5)24-15-8-6-7-9-15;/h15-18H,6-14H2,1-5H3,(H2,23,24,25);1H. The lowest BCUT2D eigenvalue weighted by Gasteiger charge is -2.40. The smallest absolute Gasteiger partial charge is 0.410 e. The number of carbonyl (C=O) groups is 2. The first-order valence-electron chi connectivity index (χ1n) is 11.4. The zero-order valence-electron chi connectivity index (χ0n) is 19.6. The Balaban J connectivity index is 0.00000341. The number of guanidine groups is 1. The van der Waals surface area contributed by atoms with E-state index in [-0.39, 0.29) is 60.6 Å². The molecule has 8 nitrogen and oxygen atoms in total. The first-order chi connectivity index (χ1) is 14.1. The van der Waals surface area contributed by atoms with Gasteiger partial charge in [0.2, 0.25) is 5.91 Å². The van der Waals surface area contributed by atoms with Crippen molar-refractivity contribution in [2.75, 3.05) is 20.6 Å². The van der Waals surface area contributed by atoms with Gasteiger partial charge in [-0.15, -0.1) is 24.0 Å². The van der Waals surface area contributed by atoms with Gasteiger partial charge in [-0.05, 0) is 59.3 Å². The van der Waals surface area contributed by atoms with Crippen LogP contribution in [-0.4, -0.2) is 78.2 Å². The number of aliphatic imine (C=N–C) groups is 1. The van der Waals surface area contributed by atoms with Crippen molar-refractivity contribution < 1.29 is 14.3 Å². The molecule has 9 heteroatoms. The van der Waals surface area contributed by atoms with Gasteiger partial charge < -0.3 is 25.2 Å².